The van der Waals surface area contributed by atoms with Crippen molar-refractivity contribution in [2.45, 2.75) is 19.0 Å². The summed E-state index contributed by atoms with van der Waals surface area (Å²) < 4.78 is 2.82. The van der Waals surface area contributed by atoms with Crippen LogP contribution in [0.25, 0.3) is 17.1 Å². The normalized spacial score (nSPS) is 10.9. The minimum absolute atomic E-state index is 0.0443. The summed E-state index contributed by atoms with van der Waals surface area (Å²) >= 11 is 4.85. The van der Waals surface area contributed by atoms with Crippen LogP contribution in [0.2, 0.25) is 0 Å². The lowest BCUT2D eigenvalue weighted by atomic mass is 10.1. The van der Waals surface area contributed by atoms with Crippen molar-refractivity contribution < 1.29 is 4.79 Å². The molecule has 0 saturated carbocycles. The lowest BCUT2D eigenvalue weighted by Gasteiger charge is -2.11. The van der Waals surface area contributed by atoms with Gasteiger partial charge in [-0.25, -0.2) is 0 Å². The molecule has 3 aromatic carbocycles. The monoisotopic (exact) mass is 477 g/mol. The number of nitrogens with zero attached hydrogens (tertiary/aromatic N) is 3. The van der Waals surface area contributed by atoms with Crippen LogP contribution >= 0.6 is 27.7 Å². The molecule has 0 N–H and O–H groups in total. The summed E-state index contributed by atoms with van der Waals surface area (Å²) in [5.41, 5.74) is 5.00. The van der Waals surface area contributed by atoms with E-state index in [4.69, 9.17) is 0 Å². The fourth-order valence-corrected chi connectivity index (χ4v) is 4.42. The molecular formula is C24H20BrN3OS. The van der Waals surface area contributed by atoms with Crippen molar-refractivity contribution >= 4 is 33.5 Å². The number of ketones is 1. The Morgan fingerprint density at radius 1 is 0.900 bits per heavy atom. The number of rotatable bonds is 6. The molecule has 4 rings (SSSR count). The van der Waals surface area contributed by atoms with Gasteiger partial charge in [0.15, 0.2) is 16.8 Å². The predicted octanol–water partition coefficient (Wildman–Crippen LogP) is 6.29. The first-order valence-electron chi connectivity index (χ1n) is 9.53. The lowest BCUT2D eigenvalue weighted by Crippen LogP contribution is -2.05. The van der Waals surface area contributed by atoms with Crippen LogP contribution in [0.3, 0.4) is 0 Å². The molecule has 0 atom stereocenters. The second-order valence-corrected chi connectivity index (χ2v) is 8.83. The molecule has 0 aliphatic carbocycles. The fourth-order valence-electron chi connectivity index (χ4n) is 3.07. The Hall–Kier alpha value is -2.70. The molecule has 30 heavy (non-hydrogen) atoms. The molecule has 0 bridgehead atoms. The van der Waals surface area contributed by atoms with E-state index in [1.807, 2.05) is 41.0 Å². The van der Waals surface area contributed by atoms with Gasteiger partial charge < -0.3 is 0 Å². The van der Waals surface area contributed by atoms with Crippen molar-refractivity contribution in [2.24, 2.45) is 0 Å². The van der Waals surface area contributed by atoms with Crippen LogP contribution in [0, 0.1) is 13.8 Å². The Morgan fingerprint density at radius 2 is 1.53 bits per heavy atom. The molecule has 4 aromatic rings. The lowest BCUT2D eigenvalue weighted by molar-refractivity contribution is 0.102. The highest BCUT2D eigenvalue weighted by atomic mass is 79.9. The van der Waals surface area contributed by atoms with Crippen molar-refractivity contribution in [3.8, 4) is 17.1 Å². The Balaban J connectivity index is 1.69. The third-order valence-corrected chi connectivity index (χ3v) is 6.36. The molecular weight excluding hydrogens is 458 g/mol. The maximum Gasteiger partial charge on any atom is 0.196 e. The van der Waals surface area contributed by atoms with Crippen molar-refractivity contribution in [2.75, 3.05) is 5.75 Å². The van der Waals surface area contributed by atoms with E-state index in [-0.39, 0.29) is 11.5 Å². The van der Waals surface area contributed by atoms with Gasteiger partial charge in [-0.1, -0.05) is 93.4 Å². The molecule has 6 heteroatoms. The smallest absolute Gasteiger partial charge is 0.196 e. The Labute approximate surface area is 188 Å². The van der Waals surface area contributed by atoms with Gasteiger partial charge in [0.2, 0.25) is 0 Å². The van der Waals surface area contributed by atoms with Gasteiger partial charge in [-0.2, -0.15) is 0 Å². The number of thioether (sulfide) groups is 1. The summed E-state index contributed by atoms with van der Waals surface area (Å²) in [4.78, 5) is 12.7. The zero-order valence-electron chi connectivity index (χ0n) is 16.7. The van der Waals surface area contributed by atoms with E-state index in [0.29, 0.717) is 10.7 Å². The van der Waals surface area contributed by atoms with E-state index < -0.39 is 0 Å². The third kappa shape index (κ3) is 4.40. The molecule has 4 nitrogen and oxygen atoms in total. The largest absolute Gasteiger partial charge is 0.293 e. The molecule has 1 aromatic heterocycles. The highest BCUT2D eigenvalue weighted by molar-refractivity contribution is 9.10. The summed E-state index contributed by atoms with van der Waals surface area (Å²) in [7, 11) is 0. The molecule has 0 fully saturated rings. The second kappa shape index (κ2) is 8.98. The molecule has 0 saturated heterocycles. The summed E-state index contributed by atoms with van der Waals surface area (Å²) in [5.74, 6) is 1.08. The molecule has 150 valence electrons. The van der Waals surface area contributed by atoms with Crippen LogP contribution in [0.1, 0.15) is 21.5 Å². The Morgan fingerprint density at radius 3 is 2.20 bits per heavy atom. The maximum atomic E-state index is 12.7. The van der Waals surface area contributed by atoms with Gasteiger partial charge in [0.05, 0.1) is 5.75 Å². The Kier molecular flexibility index (Phi) is 6.16. The first kappa shape index (κ1) is 20.6. The molecule has 0 radical (unpaired) electrons. The fraction of sp³-hybridized carbons (Fsp3) is 0.125. The average molecular weight is 478 g/mol. The minimum atomic E-state index is 0.0443. The quantitative estimate of drug-likeness (QED) is 0.242. The first-order chi connectivity index (χ1) is 14.5. The van der Waals surface area contributed by atoms with Gasteiger partial charge in [0, 0.05) is 21.3 Å². The van der Waals surface area contributed by atoms with E-state index in [1.54, 1.807) is 0 Å². The Bertz CT molecular complexity index is 1180. The summed E-state index contributed by atoms with van der Waals surface area (Å²) in [6.45, 7) is 4.12. The highest BCUT2D eigenvalue weighted by Crippen LogP contribution is 2.29. The number of hydrogen-bond acceptors (Lipinski definition) is 4. The van der Waals surface area contributed by atoms with Crippen LogP contribution in [-0.2, 0) is 0 Å². The summed E-state index contributed by atoms with van der Waals surface area (Å²) in [6.07, 6.45) is 0. The predicted molar refractivity (Wildman–Crippen MR) is 125 cm³/mol. The van der Waals surface area contributed by atoms with Crippen LogP contribution in [-0.4, -0.2) is 26.3 Å². The van der Waals surface area contributed by atoms with Crippen LogP contribution in [0.4, 0.5) is 0 Å². The molecule has 0 aliphatic heterocycles. The number of halogens is 1. The summed E-state index contributed by atoms with van der Waals surface area (Å²) in [6, 6.07) is 23.9. The van der Waals surface area contributed by atoms with Crippen molar-refractivity contribution in [3.05, 3.63) is 94.0 Å². The van der Waals surface area contributed by atoms with Crippen LogP contribution < -0.4 is 0 Å². The number of aromatic nitrogens is 3. The van der Waals surface area contributed by atoms with E-state index in [1.165, 1.54) is 22.9 Å². The highest BCUT2D eigenvalue weighted by Gasteiger charge is 2.18. The molecule has 1 heterocycles. The molecule has 0 aliphatic rings. The van der Waals surface area contributed by atoms with Gasteiger partial charge in [-0.05, 0) is 32.0 Å². The van der Waals surface area contributed by atoms with Crippen LogP contribution in [0.5, 0.6) is 0 Å². The number of carbonyl (C=O) groups excluding carboxylic acids is 1. The van der Waals surface area contributed by atoms with Gasteiger partial charge in [0.25, 0.3) is 0 Å². The van der Waals surface area contributed by atoms with E-state index in [0.717, 1.165) is 21.5 Å². The topological polar surface area (TPSA) is 47.8 Å². The third-order valence-electron chi connectivity index (χ3n) is 4.74. The van der Waals surface area contributed by atoms with Gasteiger partial charge >= 0.3 is 0 Å². The number of benzene rings is 3. The van der Waals surface area contributed by atoms with Gasteiger partial charge in [-0.3, -0.25) is 9.36 Å². The number of aryl methyl sites for hydroxylation is 2. The number of Topliss-reactive ketones (excluding diaryl/α,β-unsaturated/α-hetero) is 1. The minimum Gasteiger partial charge on any atom is -0.293 e. The second-order valence-electron chi connectivity index (χ2n) is 7.03. The van der Waals surface area contributed by atoms with E-state index >= 15 is 0 Å². The molecule has 0 amide bonds. The van der Waals surface area contributed by atoms with E-state index in [2.05, 4.69) is 76.4 Å². The molecule has 0 unspecified atom stereocenters. The summed E-state index contributed by atoms with van der Waals surface area (Å²) in [5, 5.41) is 9.56. The maximum absolute atomic E-state index is 12.7. The van der Waals surface area contributed by atoms with Crippen LogP contribution in [0.15, 0.2) is 82.4 Å². The zero-order valence-corrected chi connectivity index (χ0v) is 19.1. The van der Waals surface area contributed by atoms with E-state index in [9.17, 15) is 4.79 Å². The van der Waals surface area contributed by atoms with Crippen molar-refractivity contribution in [1.82, 2.24) is 14.8 Å². The molecule has 0 spiro atoms. The standard InChI is InChI=1S/C24H20BrN3OS/c1-16-7-11-18(12-8-16)23-26-27-24(28(23)19-13-9-17(2)10-14-19)30-15-22(29)20-5-3-4-6-21(20)25/h3-14H,15H2,1-2H3. The van der Waals surface area contributed by atoms with Gasteiger partial charge in [0.1, 0.15) is 0 Å². The number of hydrogen-bond donors (Lipinski definition) is 0. The van der Waals surface area contributed by atoms with Crippen molar-refractivity contribution in [3.63, 3.8) is 0 Å². The SMILES string of the molecule is Cc1ccc(-c2nnc(SCC(=O)c3ccccc3Br)n2-c2ccc(C)cc2)cc1. The number of carbonyl (C=O) groups is 1. The average Bonchev–Trinajstić information content (AvgIpc) is 3.17. The van der Waals surface area contributed by atoms with Gasteiger partial charge in [-0.15, -0.1) is 10.2 Å². The van der Waals surface area contributed by atoms with Crippen molar-refractivity contribution in [1.29, 1.82) is 0 Å². The zero-order chi connectivity index (χ0) is 21.1. The first-order valence-corrected chi connectivity index (χ1v) is 11.3.